The average Bonchev–Trinajstić information content (AvgIpc) is 3.89. The van der Waals surface area contributed by atoms with Gasteiger partial charge in [-0.25, -0.2) is 14.6 Å². The topological polar surface area (TPSA) is 155 Å². The Morgan fingerprint density at radius 2 is 1.89 bits per heavy atom. The van der Waals surface area contributed by atoms with E-state index in [-0.39, 0.29) is 42.6 Å². The lowest BCUT2D eigenvalue weighted by atomic mass is 9.82. The number of nitrogens with one attached hydrogen (secondary N) is 1. The normalized spacial score (nSPS) is 32.4. The fourth-order valence-corrected chi connectivity index (χ4v) is 7.65. The number of carbonyl (C=O) groups excluding carboxylic acids is 3. The molecule has 2 N–H and O–H groups in total. The van der Waals surface area contributed by atoms with Crippen molar-refractivity contribution in [3.8, 4) is 0 Å². The number of esters is 3. The molecule has 5 heterocycles. The Kier molecular flexibility index (Phi) is 13.4. The van der Waals surface area contributed by atoms with E-state index in [1.54, 1.807) is 14.0 Å². The third kappa shape index (κ3) is 9.50. The number of fused-ring (bicyclic) bond motifs is 6. The SMILES string of the molecule is COCCC/C(C)=C1\COC(CC(C)C)C1CC1N=C2OC1COC(=O)/C(CC(C)C)=C/C(=O)OC1C(OC(=O)C1(C)CO)/C(C)=C\Cc1ccc2[nH]1. The predicted molar refractivity (Wildman–Crippen MR) is 198 cm³/mol. The summed E-state index contributed by atoms with van der Waals surface area (Å²) in [5, 5.41) is 10.2. The van der Waals surface area contributed by atoms with Gasteiger partial charge in [0.2, 0.25) is 5.90 Å². The van der Waals surface area contributed by atoms with Gasteiger partial charge in [0.25, 0.3) is 0 Å². The van der Waals surface area contributed by atoms with Crippen LogP contribution in [0.4, 0.5) is 0 Å². The van der Waals surface area contributed by atoms with Crippen LogP contribution in [0.25, 0.3) is 0 Å². The van der Waals surface area contributed by atoms with Gasteiger partial charge in [-0.3, -0.25) is 4.79 Å². The van der Waals surface area contributed by atoms with Crippen LogP contribution < -0.4 is 0 Å². The van der Waals surface area contributed by atoms with Crippen LogP contribution in [-0.4, -0.2) is 97.9 Å². The number of nitrogens with zero attached hydrogens (tertiary/aromatic N) is 1. The Bertz CT molecular complexity index is 1620. The highest BCUT2D eigenvalue weighted by Crippen LogP contribution is 2.41. The minimum atomic E-state index is -1.48. The standard InChI is InChI=1S/C41H58N2O10/c1-23(2)16-27-18-35(45)52-37-36(53-40(47)41(37,7)22-44)26(6)11-12-28-13-14-31(42-28)38-43-32(34(51-38)21-50-39(27)46)19-29-30(25(5)10-9-15-48-8)20-49-33(29)17-24(3)4/h11,13-14,18,23-24,29,32-34,36-37,42,44H,9-10,12,15-17,19-22H2,1-8H3/b26-11-,27-18+,30-25+. The number of hydrogen-bond acceptors (Lipinski definition) is 11. The van der Waals surface area contributed by atoms with Crippen LogP contribution in [0, 0.1) is 23.2 Å². The van der Waals surface area contributed by atoms with Crippen molar-refractivity contribution in [1.82, 2.24) is 4.98 Å². The minimum Gasteiger partial charge on any atom is -0.467 e. The van der Waals surface area contributed by atoms with E-state index in [1.807, 2.05) is 32.1 Å². The van der Waals surface area contributed by atoms with Crippen molar-refractivity contribution >= 4 is 23.8 Å². The summed E-state index contributed by atoms with van der Waals surface area (Å²) < 4.78 is 35.7. The highest BCUT2D eigenvalue weighted by molar-refractivity contribution is 5.97. The predicted octanol–water partition coefficient (Wildman–Crippen LogP) is 5.58. The molecule has 0 saturated carbocycles. The molecule has 2 fully saturated rings. The molecule has 1 aromatic heterocycles. The second kappa shape index (κ2) is 17.6. The number of methoxy groups -OCH3 is 1. The number of carbonyl (C=O) groups is 3. The average molecular weight is 739 g/mol. The van der Waals surface area contributed by atoms with E-state index >= 15 is 0 Å². The van der Waals surface area contributed by atoms with Crippen LogP contribution in [-0.2, 0) is 49.2 Å². The molecule has 1 aromatic rings. The maximum absolute atomic E-state index is 13.7. The van der Waals surface area contributed by atoms with E-state index in [1.165, 1.54) is 18.1 Å². The number of allylic oxidation sites excluding steroid dienone is 2. The minimum absolute atomic E-state index is 0.0153. The third-order valence-electron chi connectivity index (χ3n) is 10.8. The molecule has 0 radical (unpaired) electrons. The zero-order valence-corrected chi connectivity index (χ0v) is 32.6. The molecule has 0 amide bonds. The van der Waals surface area contributed by atoms with Gasteiger partial charge < -0.3 is 38.5 Å². The molecule has 12 nitrogen and oxygen atoms in total. The van der Waals surface area contributed by atoms with Gasteiger partial charge in [0.05, 0.1) is 25.4 Å². The molecule has 0 spiro atoms. The molecule has 0 aromatic carbocycles. The molecule has 4 aliphatic heterocycles. The Balaban J connectivity index is 1.50. The number of H-pyrrole nitrogens is 1. The van der Waals surface area contributed by atoms with E-state index in [4.69, 9.17) is 33.4 Å². The number of ether oxygens (including phenoxy) is 6. The summed E-state index contributed by atoms with van der Waals surface area (Å²) in [5.41, 5.74) is 3.48. The Morgan fingerprint density at radius 3 is 2.58 bits per heavy atom. The molecule has 4 bridgehead atoms. The van der Waals surface area contributed by atoms with Gasteiger partial charge in [0.15, 0.2) is 18.3 Å². The van der Waals surface area contributed by atoms with Crippen molar-refractivity contribution in [3.05, 3.63) is 58.0 Å². The van der Waals surface area contributed by atoms with Gasteiger partial charge in [0.1, 0.15) is 17.7 Å². The largest absolute Gasteiger partial charge is 0.467 e. The molecule has 5 rings (SSSR count). The number of aromatic amines is 1. The Hall–Kier alpha value is -3.74. The first-order chi connectivity index (χ1) is 25.2. The van der Waals surface area contributed by atoms with E-state index in [9.17, 15) is 19.5 Å². The lowest BCUT2D eigenvalue weighted by molar-refractivity contribution is -0.153. The van der Waals surface area contributed by atoms with Crippen molar-refractivity contribution in [1.29, 1.82) is 0 Å². The molecule has 53 heavy (non-hydrogen) atoms. The van der Waals surface area contributed by atoms with Gasteiger partial charge in [-0.2, -0.15) is 0 Å². The van der Waals surface area contributed by atoms with Gasteiger partial charge >= 0.3 is 17.9 Å². The molecule has 4 aliphatic rings. The molecule has 0 aliphatic carbocycles. The van der Waals surface area contributed by atoms with E-state index in [0.29, 0.717) is 49.1 Å². The van der Waals surface area contributed by atoms with Crippen molar-refractivity contribution in [2.75, 3.05) is 33.5 Å². The molecule has 2 saturated heterocycles. The van der Waals surface area contributed by atoms with Gasteiger partial charge in [-0.05, 0) is 88.0 Å². The number of aliphatic hydroxyl groups excluding tert-OH is 1. The highest BCUT2D eigenvalue weighted by atomic mass is 16.6. The second-order valence-corrected chi connectivity index (χ2v) is 16.1. The number of aromatic nitrogens is 1. The maximum Gasteiger partial charge on any atom is 0.334 e. The smallest absolute Gasteiger partial charge is 0.334 e. The lowest BCUT2D eigenvalue weighted by Gasteiger charge is -2.27. The third-order valence-corrected chi connectivity index (χ3v) is 10.8. The van der Waals surface area contributed by atoms with Crippen molar-refractivity contribution < 1.29 is 47.9 Å². The zero-order chi connectivity index (χ0) is 38.4. The van der Waals surface area contributed by atoms with Crippen molar-refractivity contribution in [2.45, 2.75) is 117 Å². The van der Waals surface area contributed by atoms with Crippen molar-refractivity contribution in [3.63, 3.8) is 0 Å². The fourth-order valence-electron chi connectivity index (χ4n) is 7.65. The quantitative estimate of drug-likeness (QED) is 0.127. The van der Waals surface area contributed by atoms with Crippen LogP contribution in [0.3, 0.4) is 0 Å². The van der Waals surface area contributed by atoms with E-state index in [2.05, 4.69) is 25.8 Å². The van der Waals surface area contributed by atoms with E-state index < -0.39 is 48.2 Å². The first-order valence-electron chi connectivity index (χ1n) is 19.0. The maximum atomic E-state index is 13.7. The molecular formula is C41H58N2O10. The summed E-state index contributed by atoms with van der Waals surface area (Å²) >= 11 is 0. The summed E-state index contributed by atoms with van der Waals surface area (Å²) in [6, 6.07) is 3.52. The van der Waals surface area contributed by atoms with Crippen LogP contribution in [0.5, 0.6) is 0 Å². The Labute approximate surface area is 313 Å². The first-order valence-corrected chi connectivity index (χ1v) is 19.0. The first kappa shape index (κ1) is 40.4. The van der Waals surface area contributed by atoms with Crippen LogP contribution in [0.1, 0.15) is 92.0 Å². The number of aliphatic imine (C=N–C) groups is 1. The number of aliphatic hydroxyl groups is 1. The number of rotatable bonds is 11. The molecule has 12 heteroatoms. The summed E-state index contributed by atoms with van der Waals surface area (Å²) in [6.07, 6.45) is 4.58. The van der Waals surface area contributed by atoms with Gasteiger partial charge in [0, 0.05) is 43.4 Å². The monoisotopic (exact) mass is 738 g/mol. The summed E-state index contributed by atoms with van der Waals surface area (Å²) in [7, 11) is 1.72. The van der Waals surface area contributed by atoms with Crippen LogP contribution in [0.15, 0.2) is 51.6 Å². The van der Waals surface area contributed by atoms with Crippen LogP contribution >= 0.6 is 0 Å². The van der Waals surface area contributed by atoms with Crippen molar-refractivity contribution in [2.24, 2.45) is 28.2 Å². The highest BCUT2D eigenvalue weighted by Gasteiger charge is 2.57. The molecule has 7 unspecified atom stereocenters. The van der Waals surface area contributed by atoms with Gasteiger partial charge in [-0.15, -0.1) is 0 Å². The molecular weight excluding hydrogens is 680 g/mol. The van der Waals surface area contributed by atoms with E-state index in [0.717, 1.165) is 31.0 Å². The zero-order valence-electron chi connectivity index (χ0n) is 32.6. The Morgan fingerprint density at radius 1 is 1.11 bits per heavy atom. The second-order valence-electron chi connectivity index (χ2n) is 16.1. The number of cyclic esters (lactones) is 1. The summed E-state index contributed by atoms with van der Waals surface area (Å²) in [5.74, 6) is -1.14. The van der Waals surface area contributed by atoms with Gasteiger partial charge in [-0.1, -0.05) is 39.3 Å². The summed E-state index contributed by atoms with van der Waals surface area (Å²) in [4.78, 5) is 48.6. The van der Waals surface area contributed by atoms with Crippen LogP contribution in [0.2, 0.25) is 0 Å². The summed E-state index contributed by atoms with van der Waals surface area (Å²) in [6.45, 7) is 14.4. The lowest BCUT2D eigenvalue weighted by Crippen LogP contribution is -2.43. The molecule has 7 atom stereocenters. The fraction of sp³-hybridized carbons (Fsp3) is 0.659. The number of hydrogen-bond donors (Lipinski definition) is 2. The molecule has 292 valence electrons.